The van der Waals surface area contributed by atoms with Crippen molar-refractivity contribution in [2.45, 2.75) is 12.8 Å². The summed E-state index contributed by atoms with van der Waals surface area (Å²) in [7, 11) is 3.94. The molecule has 0 unspecified atom stereocenters. The number of likely N-dealkylation sites (N-methyl/N-ethyl adjacent to an activating group) is 1. The third-order valence-corrected chi connectivity index (χ3v) is 2.18. The fraction of sp³-hybridized carbons (Fsp3) is 0.778. The normalized spacial score (nSPS) is 18.5. The molecule has 0 aromatic rings. The summed E-state index contributed by atoms with van der Waals surface area (Å²) in [5, 5.41) is 0. The second kappa shape index (κ2) is 4.37. The van der Waals surface area contributed by atoms with Crippen LogP contribution < -0.4 is 0 Å². The van der Waals surface area contributed by atoms with Crippen LogP contribution in [0.5, 0.6) is 0 Å². The molecule has 1 heterocycles. The first-order chi connectivity index (χ1) is 6.09. The Bertz CT molecular complexity index is 214. The molecule has 0 spiro atoms. The van der Waals surface area contributed by atoms with Crippen LogP contribution in [0, 0.1) is 0 Å². The average molecular weight is 184 g/mol. The van der Waals surface area contributed by atoms with Crippen LogP contribution in [0.3, 0.4) is 0 Å². The lowest BCUT2D eigenvalue weighted by atomic mass is 10.1. The van der Waals surface area contributed by atoms with Crippen molar-refractivity contribution in [3.05, 3.63) is 0 Å². The smallest absolute Gasteiger partial charge is 0.230 e. The van der Waals surface area contributed by atoms with Crippen LogP contribution in [0.25, 0.3) is 0 Å². The molecule has 0 aliphatic carbocycles. The van der Waals surface area contributed by atoms with E-state index in [1.165, 1.54) is 0 Å². The molecule has 4 heteroatoms. The molecule has 0 bridgehead atoms. The van der Waals surface area contributed by atoms with Gasteiger partial charge in [0.1, 0.15) is 5.78 Å². The highest BCUT2D eigenvalue weighted by molar-refractivity contribution is 6.00. The number of nitrogens with zero attached hydrogens (tertiary/aromatic N) is 2. The monoisotopic (exact) mass is 184 g/mol. The zero-order chi connectivity index (χ0) is 9.84. The van der Waals surface area contributed by atoms with E-state index in [-0.39, 0.29) is 18.1 Å². The van der Waals surface area contributed by atoms with Crippen molar-refractivity contribution < 1.29 is 9.59 Å². The molecule has 0 aromatic heterocycles. The van der Waals surface area contributed by atoms with Crippen molar-refractivity contribution in [2.75, 3.05) is 33.7 Å². The minimum Gasteiger partial charge on any atom is -0.341 e. The van der Waals surface area contributed by atoms with Crippen LogP contribution in [0.15, 0.2) is 0 Å². The summed E-state index contributed by atoms with van der Waals surface area (Å²) in [6.45, 7) is 2.20. The van der Waals surface area contributed by atoms with Gasteiger partial charge >= 0.3 is 0 Å². The molecule has 1 fully saturated rings. The van der Waals surface area contributed by atoms with Gasteiger partial charge in [0.15, 0.2) is 0 Å². The molecule has 0 atom stereocenters. The topological polar surface area (TPSA) is 40.6 Å². The number of amides is 1. The maximum Gasteiger partial charge on any atom is 0.230 e. The van der Waals surface area contributed by atoms with Gasteiger partial charge in [0.25, 0.3) is 0 Å². The number of ketones is 1. The molecular weight excluding hydrogens is 168 g/mol. The number of Topliss-reactive ketones (excluding diaryl/α,β-unsaturated/α-hetero) is 1. The Labute approximate surface area is 78.5 Å². The first-order valence-electron chi connectivity index (χ1n) is 4.54. The van der Waals surface area contributed by atoms with E-state index < -0.39 is 0 Å². The molecule has 1 saturated heterocycles. The van der Waals surface area contributed by atoms with Crippen molar-refractivity contribution in [1.29, 1.82) is 0 Å². The van der Waals surface area contributed by atoms with Crippen molar-refractivity contribution in [1.82, 2.24) is 9.80 Å². The zero-order valence-electron chi connectivity index (χ0n) is 8.25. The summed E-state index contributed by atoms with van der Waals surface area (Å²) >= 11 is 0. The zero-order valence-corrected chi connectivity index (χ0v) is 8.25. The van der Waals surface area contributed by atoms with Crippen LogP contribution in [0.2, 0.25) is 0 Å². The number of rotatable bonds is 3. The first kappa shape index (κ1) is 10.2. The minimum atomic E-state index is -0.0156. The highest BCUT2D eigenvalue weighted by Crippen LogP contribution is 2.06. The van der Waals surface area contributed by atoms with E-state index in [4.69, 9.17) is 0 Å². The van der Waals surface area contributed by atoms with E-state index in [0.717, 1.165) is 13.1 Å². The Morgan fingerprint density at radius 3 is 2.62 bits per heavy atom. The van der Waals surface area contributed by atoms with Gasteiger partial charge in [-0.15, -0.1) is 0 Å². The Morgan fingerprint density at radius 1 is 1.38 bits per heavy atom. The molecule has 4 nitrogen and oxygen atoms in total. The summed E-state index contributed by atoms with van der Waals surface area (Å²) in [6.07, 6.45) is 0.632. The first-order valence-corrected chi connectivity index (χ1v) is 4.54. The lowest BCUT2D eigenvalue weighted by Gasteiger charge is -2.27. The molecule has 1 aliphatic rings. The Kier molecular flexibility index (Phi) is 3.42. The number of likely N-dealkylation sites (tertiary alicyclic amines) is 1. The van der Waals surface area contributed by atoms with Gasteiger partial charge in [0.05, 0.1) is 6.42 Å². The van der Waals surface area contributed by atoms with Gasteiger partial charge in [-0.2, -0.15) is 0 Å². The van der Waals surface area contributed by atoms with E-state index in [1.807, 2.05) is 19.0 Å². The average Bonchev–Trinajstić information content (AvgIpc) is 2.02. The second-order valence-corrected chi connectivity index (χ2v) is 3.65. The van der Waals surface area contributed by atoms with Crippen LogP contribution in [0.4, 0.5) is 0 Å². The number of carbonyl (C=O) groups is 2. The molecule has 1 rings (SSSR count). The lowest BCUT2D eigenvalue weighted by molar-refractivity contribution is -0.139. The number of hydrogen-bond donors (Lipinski definition) is 0. The lowest BCUT2D eigenvalue weighted by Crippen LogP contribution is -2.42. The molecule has 1 amide bonds. The third kappa shape index (κ3) is 3.14. The second-order valence-electron chi connectivity index (χ2n) is 3.65. The highest BCUT2D eigenvalue weighted by atomic mass is 16.2. The molecule has 13 heavy (non-hydrogen) atoms. The predicted octanol–water partition coefficient (Wildman–Crippen LogP) is -0.261. The molecule has 0 aromatic carbocycles. The Balaban J connectivity index is 2.34. The van der Waals surface area contributed by atoms with Crippen molar-refractivity contribution in [3.63, 3.8) is 0 Å². The SMILES string of the molecule is CN(C)CCN1CCC(=O)CC1=O. The Morgan fingerprint density at radius 2 is 2.08 bits per heavy atom. The van der Waals surface area contributed by atoms with E-state index in [1.54, 1.807) is 4.90 Å². The molecule has 0 saturated carbocycles. The van der Waals surface area contributed by atoms with Gasteiger partial charge in [-0.3, -0.25) is 9.59 Å². The van der Waals surface area contributed by atoms with E-state index >= 15 is 0 Å². The van der Waals surface area contributed by atoms with Crippen molar-refractivity contribution in [2.24, 2.45) is 0 Å². The molecule has 74 valence electrons. The van der Waals surface area contributed by atoms with E-state index in [2.05, 4.69) is 0 Å². The predicted molar refractivity (Wildman–Crippen MR) is 49.4 cm³/mol. The van der Waals surface area contributed by atoms with Gasteiger partial charge < -0.3 is 9.80 Å². The van der Waals surface area contributed by atoms with Gasteiger partial charge in [0, 0.05) is 26.1 Å². The summed E-state index contributed by atoms with van der Waals surface area (Å²) in [4.78, 5) is 26.0. The van der Waals surface area contributed by atoms with Crippen molar-refractivity contribution in [3.8, 4) is 0 Å². The standard InChI is InChI=1S/C9H16N2O2/c1-10(2)5-6-11-4-3-8(12)7-9(11)13/h3-7H2,1-2H3. The summed E-state index contributed by atoms with van der Waals surface area (Å²) < 4.78 is 0. The highest BCUT2D eigenvalue weighted by Gasteiger charge is 2.22. The summed E-state index contributed by atoms with van der Waals surface area (Å²) in [6, 6.07) is 0. The van der Waals surface area contributed by atoms with Gasteiger partial charge in [-0.25, -0.2) is 0 Å². The van der Waals surface area contributed by atoms with Gasteiger partial charge in [-0.1, -0.05) is 0 Å². The van der Waals surface area contributed by atoms with Crippen LogP contribution in [-0.4, -0.2) is 55.2 Å². The number of piperidine rings is 1. The van der Waals surface area contributed by atoms with Gasteiger partial charge in [0.2, 0.25) is 5.91 Å². The number of carbonyl (C=O) groups excluding carboxylic acids is 2. The Hall–Kier alpha value is -0.900. The van der Waals surface area contributed by atoms with Crippen LogP contribution in [0.1, 0.15) is 12.8 Å². The number of hydrogen-bond acceptors (Lipinski definition) is 3. The van der Waals surface area contributed by atoms with E-state index in [9.17, 15) is 9.59 Å². The minimum absolute atomic E-state index is 0.0156. The molecule has 1 aliphatic heterocycles. The summed E-state index contributed by atoms with van der Waals surface area (Å²) in [5.41, 5.74) is 0. The maximum absolute atomic E-state index is 11.3. The van der Waals surface area contributed by atoms with Crippen molar-refractivity contribution >= 4 is 11.7 Å². The van der Waals surface area contributed by atoms with Crippen LogP contribution >= 0.6 is 0 Å². The summed E-state index contributed by atoms with van der Waals surface area (Å²) in [5.74, 6) is 0.0594. The molecular formula is C9H16N2O2. The fourth-order valence-electron chi connectivity index (χ4n) is 1.31. The quantitative estimate of drug-likeness (QED) is 0.567. The third-order valence-electron chi connectivity index (χ3n) is 2.18. The molecule has 0 radical (unpaired) electrons. The van der Waals surface area contributed by atoms with Crippen LogP contribution in [-0.2, 0) is 9.59 Å². The fourth-order valence-corrected chi connectivity index (χ4v) is 1.31. The molecule has 0 N–H and O–H groups in total. The van der Waals surface area contributed by atoms with E-state index in [0.29, 0.717) is 13.0 Å². The van der Waals surface area contributed by atoms with Gasteiger partial charge in [-0.05, 0) is 14.1 Å². The largest absolute Gasteiger partial charge is 0.341 e. The maximum atomic E-state index is 11.3.